The quantitative estimate of drug-likeness (QED) is 0.855. The van der Waals surface area contributed by atoms with Crippen LogP contribution in [0.25, 0.3) is 0 Å². The van der Waals surface area contributed by atoms with Crippen molar-refractivity contribution in [1.82, 2.24) is 4.90 Å². The van der Waals surface area contributed by atoms with Crippen molar-refractivity contribution in [3.05, 3.63) is 60.2 Å². The molecule has 0 aliphatic carbocycles. The standard InChI is InChI=1S/C18H19NO4S/c1-24(21,22)15-11-12-19(13-15)18(20)16-9-5-6-10-17(16)23-14-7-3-2-4-8-14/h2-10,15H,11-13H2,1H3. The van der Waals surface area contributed by atoms with Gasteiger partial charge in [0.05, 0.1) is 10.8 Å². The van der Waals surface area contributed by atoms with Gasteiger partial charge in [-0.3, -0.25) is 4.79 Å². The number of hydrogen-bond donors (Lipinski definition) is 0. The summed E-state index contributed by atoms with van der Waals surface area (Å²) in [5.74, 6) is 0.914. The Labute approximate surface area is 141 Å². The van der Waals surface area contributed by atoms with Gasteiger partial charge in [-0.05, 0) is 30.7 Å². The number of amides is 1. The molecule has 24 heavy (non-hydrogen) atoms. The molecule has 1 atom stereocenters. The van der Waals surface area contributed by atoms with Crippen LogP contribution in [0, 0.1) is 0 Å². The zero-order valence-electron chi connectivity index (χ0n) is 13.4. The van der Waals surface area contributed by atoms with Crippen LogP contribution < -0.4 is 4.74 Å². The van der Waals surface area contributed by atoms with Gasteiger partial charge in [-0.15, -0.1) is 0 Å². The van der Waals surface area contributed by atoms with Crippen molar-refractivity contribution in [2.45, 2.75) is 11.7 Å². The molecule has 0 saturated carbocycles. The minimum atomic E-state index is -3.13. The Morgan fingerprint density at radius 1 is 1.08 bits per heavy atom. The zero-order valence-corrected chi connectivity index (χ0v) is 14.2. The van der Waals surface area contributed by atoms with Gasteiger partial charge in [0.25, 0.3) is 5.91 Å². The normalized spacial score (nSPS) is 17.7. The van der Waals surface area contributed by atoms with Crippen LogP contribution in [-0.2, 0) is 9.84 Å². The van der Waals surface area contributed by atoms with E-state index in [-0.39, 0.29) is 12.5 Å². The number of nitrogens with zero attached hydrogens (tertiary/aromatic N) is 1. The lowest BCUT2D eigenvalue weighted by Gasteiger charge is -2.18. The van der Waals surface area contributed by atoms with E-state index in [1.165, 1.54) is 6.26 Å². The van der Waals surface area contributed by atoms with E-state index in [9.17, 15) is 13.2 Å². The summed E-state index contributed by atoms with van der Waals surface area (Å²) in [6, 6.07) is 16.3. The van der Waals surface area contributed by atoms with Gasteiger partial charge < -0.3 is 9.64 Å². The van der Waals surface area contributed by atoms with Gasteiger partial charge >= 0.3 is 0 Å². The van der Waals surface area contributed by atoms with Gasteiger partial charge in [-0.25, -0.2) is 8.42 Å². The van der Waals surface area contributed by atoms with E-state index in [4.69, 9.17) is 4.74 Å². The van der Waals surface area contributed by atoms with Crippen LogP contribution in [0.2, 0.25) is 0 Å². The number of carbonyl (C=O) groups is 1. The fourth-order valence-electron chi connectivity index (χ4n) is 2.78. The van der Waals surface area contributed by atoms with E-state index in [0.29, 0.717) is 30.0 Å². The Morgan fingerprint density at radius 3 is 2.42 bits per heavy atom. The van der Waals surface area contributed by atoms with Crippen LogP contribution in [0.1, 0.15) is 16.8 Å². The number of para-hydroxylation sites is 2. The highest BCUT2D eigenvalue weighted by atomic mass is 32.2. The van der Waals surface area contributed by atoms with E-state index in [1.807, 2.05) is 30.3 Å². The first-order chi connectivity index (χ1) is 11.4. The third kappa shape index (κ3) is 3.59. The molecule has 1 fully saturated rings. The summed E-state index contributed by atoms with van der Waals surface area (Å²) in [7, 11) is -3.13. The molecule has 0 spiro atoms. The van der Waals surface area contributed by atoms with Gasteiger partial charge in [0.1, 0.15) is 11.5 Å². The first-order valence-electron chi connectivity index (χ1n) is 7.75. The summed E-state index contributed by atoms with van der Waals surface area (Å²) in [5, 5.41) is -0.483. The molecule has 3 rings (SSSR count). The number of sulfone groups is 1. The molecule has 1 aliphatic heterocycles. The van der Waals surface area contributed by atoms with Gasteiger partial charge in [0.2, 0.25) is 0 Å². The second kappa shape index (κ2) is 6.65. The Morgan fingerprint density at radius 2 is 1.75 bits per heavy atom. The monoisotopic (exact) mass is 345 g/mol. The van der Waals surface area contributed by atoms with E-state index in [2.05, 4.69) is 0 Å². The minimum absolute atomic E-state index is 0.201. The van der Waals surface area contributed by atoms with Crippen LogP contribution in [0.3, 0.4) is 0 Å². The van der Waals surface area contributed by atoms with Crippen LogP contribution >= 0.6 is 0 Å². The maximum atomic E-state index is 12.8. The number of ether oxygens (including phenoxy) is 1. The molecule has 126 valence electrons. The highest BCUT2D eigenvalue weighted by Gasteiger charge is 2.33. The molecule has 5 nitrogen and oxygen atoms in total. The maximum Gasteiger partial charge on any atom is 0.257 e. The number of carbonyl (C=O) groups excluding carboxylic acids is 1. The summed E-state index contributed by atoms with van der Waals surface area (Å²) in [4.78, 5) is 14.4. The highest BCUT2D eigenvalue weighted by molar-refractivity contribution is 7.91. The second-order valence-electron chi connectivity index (χ2n) is 5.90. The Bertz CT molecular complexity index is 833. The third-order valence-electron chi connectivity index (χ3n) is 4.13. The van der Waals surface area contributed by atoms with E-state index >= 15 is 0 Å². The van der Waals surface area contributed by atoms with Crippen molar-refractivity contribution in [3.63, 3.8) is 0 Å². The molecule has 0 aromatic heterocycles. The molecule has 1 saturated heterocycles. The molecule has 0 radical (unpaired) electrons. The minimum Gasteiger partial charge on any atom is -0.457 e. The molecule has 6 heteroatoms. The summed E-state index contributed by atoms with van der Waals surface area (Å²) in [6.07, 6.45) is 1.70. The molecular formula is C18H19NO4S. The average Bonchev–Trinajstić information content (AvgIpc) is 3.06. The van der Waals surface area contributed by atoms with Crippen molar-refractivity contribution in [1.29, 1.82) is 0 Å². The van der Waals surface area contributed by atoms with Crippen molar-refractivity contribution >= 4 is 15.7 Å². The molecule has 2 aromatic carbocycles. The second-order valence-corrected chi connectivity index (χ2v) is 8.23. The lowest BCUT2D eigenvalue weighted by molar-refractivity contribution is 0.0790. The summed E-state index contributed by atoms with van der Waals surface area (Å²) >= 11 is 0. The van der Waals surface area contributed by atoms with Gasteiger partial charge in [-0.2, -0.15) is 0 Å². The third-order valence-corrected chi connectivity index (χ3v) is 5.72. The largest absolute Gasteiger partial charge is 0.457 e. The van der Waals surface area contributed by atoms with Crippen LogP contribution in [0.15, 0.2) is 54.6 Å². The molecule has 1 heterocycles. The highest BCUT2D eigenvalue weighted by Crippen LogP contribution is 2.27. The van der Waals surface area contributed by atoms with E-state index in [0.717, 1.165) is 0 Å². The van der Waals surface area contributed by atoms with Gasteiger partial charge in [-0.1, -0.05) is 30.3 Å². The summed E-state index contributed by atoms with van der Waals surface area (Å²) < 4.78 is 29.2. The fourth-order valence-corrected chi connectivity index (χ4v) is 3.76. The SMILES string of the molecule is CS(=O)(=O)C1CCN(C(=O)c2ccccc2Oc2ccccc2)C1. The first kappa shape index (κ1) is 16.5. The molecule has 1 unspecified atom stereocenters. The Kier molecular flexibility index (Phi) is 4.57. The topological polar surface area (TPSA) is 63.7 Å². The summed E-state index contributed by atoms with van der Waals surface area (Å²) in [5.41, 5.74) is 0.440. The summed E-state index contributed by atoms with van der Waals surface area (Å²) in [6.45, 7) is 0.674. The molecule has 1 amide bonds. The van der Waals surface area contributed by atoms with E-state index in [1.54, 1.807) is 29.2 Å². The Hall–Kier alpha value is -2.34. The predicted octanol–water partition coefficient (Wildman–Crippen LogP) is 2.74. The average molecular weight is 345 g/mol. The molecule has 2 aromatic rings. The molecular weight excluding hydrogens is 326 g/mol. The number of benzene rings is 2. The zero-order chi connectivity index (χ0) is 17.2. The van der Waals surface area contributed by atoms with Crippen molar-refractivity contribution in [2.75, 3.05) is 19.3 Å². The van der Waals surface area contributed by atoms with Crippen molar-refractivity contribution in [2.24, 2.45) is 0 Å². The number of hydrogen-bond acceptors (Lipinski definition) is 4. The number of rotatable bonds is 4. The number of likely N-dealkylation sites (tertiary alicyclic amines) is 1. The van der Waals surface area contributed by atoms with Crippen LogP contribution in [0.4, 0.5) is 0 Å². The van der Waals surface area contributed by atoms with Crippen molar-refractivity contribution in [3.8, 4) is 11.5 Å². The molecule has 0 N–H and O–H groups in total. The maximum absolute atomic E-state index is 12.8. The smallest absolute Gasteiger partial charge is 0.257 e. The lowest BCUT2D eigenvalue weighted by Crippen LogP contribution is -2.31. The molecule has 0 bridgehead atoms. The molecule has 1 aliphatic rings. The van der Waals surface area contributed by atoms with Crippen molar-refractivity contribution < 1.29 is 17.9 Å². The first-order valence-corrected chi connectivity index (χ1v) is 9.70. The van der Waals surface area contributed by atoms with Crippen LogP contribution in [-0.4, -0.2) is 43.8 Å². The fraction of sp³-hybridized carbons (Fsp3) is 0.278. The van der Waals surface area contributed by atoms with Crippen LogP contribution in [0.5, 0.6) is 11.5 Å². The van der Waals surface area contributed by atoms with Gasteiger partial charge in [0.15, 0.2) is 9.84 Å². The van der Waals surface area contributed by atoms with Gasteiger partial charge in [0, 0.05) is 19.3 Å². The Balaban J connectivity index is 1.81. The predicted molar refractivity (Wildman–Crippen MR) is 92.1 cm³/mol. The van der Waals surface area contributed by atoms with E-state index < -0.39 is 15.1 Å². The lowest BCUT2D eigenvalue weighted by atomic mass is 10.1.